The van der Waals surface area contributed by atoms with Crippen LogP contribution in [0.2, 0.25) is 0 Å². The van der Waals surface area contributed by atoms with Gasteiger partial charge in [0, 0.05) is 5.56 Å². The quantitative estimate of drug-likeness (QED) is 0.779. The van der Waals surface area contributed by atoms with Gasteiger partial charge < -0.3 is 10.2 Å². The molecule has 2 N–H and O–H groups in total. The van der Waals surface area contributed by atoms with Gasteiger partial charge in [-0.3, -0.25) is 0 Å². The summed E-state index contributed by atoms with van der Waals surface area (Å²) in [5.41, 5.74) is 1.77. The van der Waals surface area contributed by atoms with Crippen LogP contribution in [0.5, 0.6) is 11.5 Å². The van der Waals surface area contributed by atoms with Gasteiger partial charge in [0.05, 0.1) is 0 Å². The fourth-order valence-corrected chi connectivity index (χ4v) is 2.68. The van der Waals surface area contributed by atoms with E-state index >= 15 is 0 Å². The van der Waals surface area contributed by atoms with Gasteiger partial charge in [0.2, 0.25) is 0 Å². The van der Waals surface area contributed by atoms with Gasteiger partial charge in [0.15, 0.2) is 0 Å². The lowest BCUT2D eigenvalue weighted by Gasteiger charge is -2.21. The standard InChI is InChI=1S/C16H22O2/c1-2-3-7-12-10-14(17)16(15(18)11-12)13-8-5-4-6-9-13/h4-5,10-11,13,17-18H,2-3,6-9H2,1H3. The minimum absolute atomic E-state index is 0.259. The van der Waals surface area contributed by atoms with E-state index in [4.69, 9.17) is 0 Å². The summed E-state index contributed by atoms with van der Waals surface area (Å²) >= 11 is 0. The van der Waals surface area contributed by atoms with E-state index < -0.39 is 0 Å². The molecule has 1 unspecified atom stereocenters. The molecule has 2 rings (SSSR count). The zero-order valence-corrected chi connectivity index (χ0v) is 11.0. The number of unbranched alkanes of at least 4 members (excludes halogenated alkanes) is 1. The van der Waals surface area contributed by atoms with E-state index in [1.165, 1.54) is 0 Å². The highest BCUT2D eigenvalue weighted by atomic mass is 16.3. The second-order valence-electron chi connectivity index (χ2n) is 5.13. The van der Waals surface area contributed by atoms with Gasteiger partial charge in [0.25, 0.3) is 0 Å². The molecule has 0 amide bonds. The zero-order valence-electron chi connectivity index (χ0n) is 11.0. The van der Waals surface area contributed by atoms with Crippen molar-refractivity contribution in [3.63, 3.8) is 0 Å². The van der Waals surface area contributed by atoms with Crippen molar-refractivity contribution in [1.82, 2.24) is 0 Å². The largest absolute Gasteiger partial charge is 0.508 e. The Bertz CT molecular complexity index is 412. The first kappa shape index (κ1) is 13.0. The topological polar surface area (TPSA) is 40.5 Å². The van der Waals surface area contributed by atoms with Crippen molar-refractivity contribution >= 4 is 0 Å². The number of rotatable bonds is 4. The molecule has 0 radical (unpaired) electrons. The molecular formula is C16H22O2. The van der Waals surface area contributed by atoms with Gasteiger partial charge in [-0.1, -0.05) is 25.5 Å². The second kappa shape index (κ2) is 5.94. The molecule has 0 heterocycles. The van der Waals surface area contributed by atoms with E-state index in [0.717, 1.165) is 49.7 Å². The number of phenolic OH excluding ortho intramolecular Hbond substituents is 2. The van der Waals surface area contributed by atoms with Gasteiger partial charge >= 0.3 is 0 Å². The highest BCUT2D eigenvalue weighted by Gasteiger charge is 2.20. The molecule has 1 aromatic carbocycles. The molecule has 1 aliphatic rings. The third-order valence-corrected chi connectivity index (χ3v) is 3.69. The second-order valence-corrected chi connectivity index (χ2v) is 5.13. The number of hydrogen-bond donors (Lipinski definition) is 2. The molecule has 2 nitrogen and oxygen atoms in total. The van der Waals surface area contributed by atoms with E-state index in [1.54, 1.807) is 0 Å². The summed E-state index contributed by atoms with van der Waals surface area (Å²) in [6.45, 7) is 2.14. The lowest BCUT2D eigenvalue weighted by atomic mass is 9.86. The molecule has 0 spiro atoms. The minimum Gasteiger partial charge on any atom is -0.508 e. The Morgan fingerprint density at radius 1 is 1.17 bits per heavy atom. The van der Waals surface area contributed by atoms with Crippen LogP contribution in [0.3, 0.4) is 0 Å². The minimum atomic E-state index is 0.259. The summed E-state index contributed by atoms with van der Waals surface area (Å²) in [7, 11) is 0. The number of benzene rings is 1. The van der Waals surface area contributed by atoms with Crippen molar-refractivity contribution in [2.45, 2.75) is 51.4 Å². The molecule has 1 aliphatic carbocycles. The monoisotopic (exact) mass is 246 g/mol. The third-order valence-electron chi connectivity index (χ3n) is 3.69. The number of allylic oxidation sites excluding steroid dienone is 2. The maximum Gasteiger partial charge on any atom is 0.123 e. The Kier molecular flexibility index (Phi) is 4.29. The summed E-state index contributed by atoms with van der Waals surface area (Å²) in [6.07, 6.45) is 10.4. The Morgan fingerprint density at radius 2 is 1.89 bits per heavy atom. The molecule has 2 heteroatoms. The Morgan fingerprint density at radius 3 is 2.44 bits per heavy atom. The molecule has 0 saturated heterocycles. The molecule has 1 aromatic rings. The lowest BCUT2D eigenvalue weighted by Crippen LogP contribution is -2.02. The molecule has 0 fully saturated rings. The highest BCUT2D eigenvalue weighted by molar-refractivity contribution is 5.49. The van der Waals surface area contributed by atoms with Crippen LogP contribution in [0.15, 0.2) is 24.3 Å². The van der Waals surface area contributed by atoms with Crippen LogP contribution >= 0.6 is 0 Å². The Balaban J connectivity index is 2.23. The molecule has 1 atom stereocenters. The maximum absolute atomic E-state index is 10.1. The average molecular weight is 246 g/mol. The van der Waals surface area contributed by atoms with Crippen LogP contribution in [0.4, 0.5) is 0 Å². The van der Waals surface area contributed by atoms with Crippen molar-refractivity contribution in [3.8, 4) is 11.5 Å². The van der Waals surface area contributed by atoms with Crippen molar-refractivity contribution < 1.29 is 10.2 Å². The molecular weight excluding hydrogens is 224 g/mol. The summed E-state index contributed by atoms with van der Waals surface area (Å²) in [6, 6.07) is 3.64. The van der Waals surface area contributed by atoms with E-state index in [1.807, 2.05) is 12.1 Å². The van der Waals surface area contributed by atoms with E-state index in [2.05, 4.69) is 19.1 Å². The molecule has 18 heavy (non-hydrogen) atoms. The van der Waals surface area contributed by atoms with Crippen LogP contribution in [-0.4, -0.2) is 10.2 Å². The third kappa shape index (κ3) is 2.87. The summed E-state index contributed by atoms with van der Waals surface area (Å²) in [5.74, 6) is 0.790. The highest BCUT2D eigenvalue weighted by Crippen LogP contribution is 2.41. The summed E-state index contributed by atoms with van der Waals surface area (Å²) in [5, 5.41) is 20.3. The smallest absolute Gasteiger partial charge is 0.123 e. The van der Waals surface area contributed by atoms with Crippen LogP contribution in [0, 0.1) is 0 Å². The van der Waals surface area contributed by atoms with Crippen LogP contribution in [0.1, 0.15) is 56.1 Å². The van der Waals surface area contributed by atoms with E-state index in [9.17, 15) is 10.2 Å². The van der Waals surface area contributed by atoms with Crippen molar-refractivity contribution in [1.29, 1.82) is 0 Å². The predicted molar refractivity (Wildman–Crippen MR) is 74.1 cm³/mol. The van der Waals surface area contributed by atoms with Crippen LogP contribution in [-0.2, 0) is 6.42 Å². The van der Waals surface area contributed by atoms with E-state index in [-0.39, 0.29) is 17.4 Å². The SMILES string of the molecule is CCCCc1cc(O)c(C2CC=CCC2)c(O)c1. The van der Waals surface area contributed by atoms with Gasteiger partial charge in [-0.2, -0.15) is 0 Å². The van der Waals surface area contributed by atoms with Crippen LogP contribution < -0.4 is 0 Å². The molecule has 0 aliphatic heterocycles. The first-order chi connectivity index (χ1) is 8.72. The first-order valence-electron chi connectivity index (χ1n) is 6.92. The normalized spacial score (nSPS) is 19.1. The predicted octanol–water partition coefficient (Wildman–Crippen LogP) is 4.26. The molecule has 98 valence electrons. The molecule has 0 aromatic heterocycles. The van der Waals surface area contributed by atoms with E-state index in [0.29, 0.717) is 0 Å². The number of hydrogen-bond acceptors (Lipinski definition) is 2. The van der Waals surface area contributed by atoms with Crippen LogP contribution in [0.25, 0.3) is 0 Å². The van der Waals surface area contributed by atoms with Crippen molar-refractivity contribution in [2.24, 2.45) is 0 Å². The summed E-state index contributed by atoms with van der Waals surface area (Å²) in [4.78, 5) is 0. The molecule has 0 saturated carbocycles. The average Bonchev–Trinajstić information content (AvgIpc) is 2.37. The van der Waals surface area contributed by atoms with Gasteiger partial charge in [-0.25, -0.2) is 0 Å². The number of aryl methyl sites for hydroxylation is 1. The van der Waals surface area contributed by atoms with Gasteiger partial charge in [-0.05, 0) is 55.7 Å². The van der Waals surface area contributed by atoms with Gasteiger partial charge in [0.1, 0.15) is 11.5 Å². The maximum atomic E-state index is 10.1. The number of aromatic hydroxyl groups is 2. The number of phenols is 2. The van der Waals surface area contributed by atoms with Crippen molar-refractivity contribution in [2.75, 3.05) is 0 Å². The fraction of sp³-hybridized carbons (Fsp3) is 0.500. The van der Waals surface area contributed by atoms with Crippen molar-refractivity contribution in [3.05, 3.63) is 35.4 Å². The Hall–Kier alpha value is -1.44. The zero-order chi connectivity index (χ0) is 13.0. The molecule has 0 bridgehead atoms. The summed E-state index contributed by atoms with van der Waals surface area (Å²) < 4.78 is 0. The lowest BCUT2D eigenvalue weighted by molar-refractivity contribution is 0.421. The first-order valence-corrected chi connectivity index (χ1v) is 6.92. The fourth-order valence-electron chi connectivity index (χ4n) is 2.68. The Labute approximate surface area is 109 Å². The van der Waals surface area contributed by atoms with Gasteiger partial charge in [-0.15, -0.1) is 0 Å².